The first-order valence-corrected chi connectivity index (χ1v) is 8.83. The number of ether oxygens (including phenoxy) is 3. The van der Waals surface area contributed by atoms with Crippen molar-refractivity contribution in [1.82, 2.24) is 0 Å². The third-order valence-electron chi connectivity index (χ3n) is 4.85. The first-order chi connectivity index (χ1) is 12.2. The molecule has 3 heteroatoms. The van der Waals surface area contributed by atoms with Gasteiger partial charge in [0.15, 0.2) is 0 Å². The normalized spacial score (nSPS) is 27.6. The van der Waals surface area contributed by atoms with Crippen molar-refractivity contribution in [2.24, 2.45) is 5.41 Å². The summed E-state index contributed by atoms with van der Waals surface area (Å²) in [5.74, 6) is 5.31. The Hall–Kier alpha value is -2.12. The lowest BCUT2D eigenvalue weighted by Crippen LogP contribution is -2.58. The molecule has 3 saturated heterocycles. The summed E-state index contributed by atoms with van der Waals surface area (Å²) in [6.45, 7) is 4.25. The van der Waals surface area contributed by atoms with Gasteiger partial charge in [0.25, 0.3) is 0 Å². The summed E-state index contributed by atoms with van der Waals surface area (Å²) in [4.78, 5) is 0. The molecule has 3 nitrogen and oxygen atoms in total. The molecule has 2 aromatic rings. The molecule has 0 spiro atoms. The van der Waals surface area contributed by atoms with Crippen LogP contribution in [-0.4, -0.2) is 19.8 Å². The molecular weight excluding hydrogens is 312 g/mol. The summed E-state index contributed by atoms with van der Waals surface area (Å²) >= 11 is 0. The largest absolute Gasteiger partial charge is 0.323 e. The topological polar surface area (TPSA) is 27.7 Å². The second-order valence-corrected chi connectivity index (χ2v) is 6.87. The first-order valence-electron chi connectivity index (χ1n) is 8.83. The molecule has 0 unspecified atom stereocenters. The standard InChI is InChI=1S/C22H22O3/c1-2-14-21-15-23-22(24-16-21,25-17-21)20-12-10-19(11-13-20)9-8-18-6-4-3-5-7-18/h3-7,10-13H,2,14-17H2,1H3. The van der Waals surface area contributed by atoms with Gasteiger partial charge in [-0.1, -0.05) is 43.4 Å². The van der Waals surface area contributed by atoms with E-state index in [1.54, 1.807) is 0 Å². The Morgan fingerprint density at radius 2 is 1.36 bits per heavy atom. The molecule has 3 heterocycles. The molecular formula is C22H22O3. The van der Waals surface area contributed by atoms with Gasteiger partial charge < -0.3 is 14.2 Å². The second kappa shape index (κ2) is 6.65. The summed E-state index contributed by atoms with van der Waals surface area (Å²) < 4.78 is 18.0. The Morgan fingerprint density at radius 1 is 0.800 bits per heavy atom. The van der Waals surface area contributed by atoms with Gasteiger partial charge in [0.1, 0.15) is 0 Å². The van der Waals surface area contributed by atoms with E-state index in [9.17, 15) is 0 Å². The SMILES string of the molecule is CCCC12COC(c3ccc(C#Cc4ccccc4)cc3)(OC1)OC2. The molecule has 25 heavy (non-hydrogen) atoms. The average Bonchev–Trinajstić information content (AvgIpc) is 2.69. The maximum atomic E-state index is 6.00. The van der Waals surface area contributed by atoms with Crippen LogP contribution >= 0.6 is 0 Å². The molecule has 0 saturated carbocycles. The molecule has 5 rings (SSSR count). The van der Waals surface area contributed by atoms with E-state index in [0.717, 1.165) is 29.5 Å². The van der Waals surface area contributed by atoms with Crippen LogP contribution in [0.25, 0.3) is 0 Å². The summed E-state index contributed by atoms with van der Waals surface area (Å²) in [5.41, 5.74) is 2.88. The van der Waals surface area contributed by atoms with Crippen molar-refractivity contribution < 1.29 is 14.2 Å². The zero-order valence-electron chi connectivity index (χ0n) is 14.5. The molecule has 2 aromatic carbocycles. The minimum atomic E-state index is -1.04. The predicted octanol–water partition coefficient (Wildman–Crippen LogP) is 4.06. The lowest BCUT2D eigenvalue weighted by atomic mass is 9.83. The summed E-state index contributed by atoms with van der Waals surface area (Å²) in [6.07, 6.45) is 2.18. The van der Waals surface area contributed by atoms with Crippen molar-refractivity contribution in [2.45, 2.75) is 25.7 Å². The number of rotatable bonds is 3. The van der Waals surface area contributed by atoms with Crippen molar-refractivity contribution in [3.05, 3.63) is 71.3 Å². The molecule has 0 amide bonds. The van der Waals surface area contributed by atoms with Crippen LogP contribution < -0.4 is 0 Å². The van der Waals surface area contributed by atoms with Crippen LogP contribution in [0.2, 0.25) is 0 Å². The number of hydrogen-bond donors (Lipinski definition) is 0. The third kappa shape index (κ3) is 3.21. The monoisotopic (exact) mass is 334 g/mol. The van der Waals surface area contributed by atoms with E-state index in [1.807, 2.05) is 54.6 Å². The van der Waals surface area contributed by atoms with Gasteiger partial charge in [-0.15, -0.1) is 0 Å². The van der Waals surface area contributed by atoms with Gasteiger partial charge in [-0.25, -0.2) is 0 Å². The van der Waals surface area contributed by atoms with Gasteiger partial charge >= 0.3 is 5.97 Å². The van der Waals surface area contributed by atoms with Crippen LogP contribution in [-0.2, 0) is 20.2 Å². The quantitative estimate of drug-likeness (QED) is 0.792. The summed E-state index contributed by atoms with van der Waals surface area (Å²) in [6, 6.07) is 17.9. The van der Waals surface area contributed by atoms with Gasteiger partial charge in [-0.3, -0.25) is 0 Å². The van der Waals surface area contributed by atoms with Crippen LogP contribution in [0.1, 0.15) is 36.5 Å². The van der Waals surface area contributed by atoms with E-state index < -0.39 is 5.97 Å². The highest BCUT2D eigenvalue weighted by Crippen LogP contribution is 2.46. The molecule has 3 aliphatic heterocycles. The Balaban J connectivity index is 1.49. The fourth-order valence-corrected chi connectivity index (χ4v) is 3.41. The molecule has 3 aliphatic rings. The lowest BCUT2D eigenvalue weighted by molar-refractivity contribution is -0.480. The molecule has 0 atom stereocenters. The Bertz CT molecular complexity index is 759. The van der Waals surface area contributed by atoms with Crippen LogP contribution in [0.3, 0.4) is 0 Å². The highest BCUT2D eigenvalue weighted by atomic mass is 16.9. The van der Waals surface area contributed by atoms with Crippen LogP contribution in [0, 0.1) is 17.3 Å². The van der Waals surface area contributed by atoms with Gasteiger partial charge in [-0.05, 0) is 42.8 Å². The Labute approximate surface area is 148 Å². The molecule has 128 valence electrons. The Kier molecular flexibility index (Phi) is 4.35. The maximum absolute atomic E-state index is 6.00. The minimum absolute atomic E-state index is 0.0254. The average molecular weight is 334 g/mol. The number of fused-ring (bicyclic) bond motifs is 3. The molecule has 0 aliphatic carbocycles. The fourth-order valence-electron chi connectivity index (χ4n) is 3.41. The third-order valence-corrected chi connectivity index (χ3v) is 4.85. The number of benzene rings is 2. The highest BCUT2D eigenvalue weighted by molar-refractivity contribution is 5.43. The zero-order chi connectivity index (χ0) is 17.2. The van der Waals surface area contributed by atoms with Crippen molar-refractivity contribution in [2.75, 3.05) is 19.8 Å². The van der Waals surface area contributed by atoms with Gasteiger partial charge in [-0.2, -0.15) is 0 Å². The van der Waals surface area contributed by atoms with E-state index in [4.69, 9.17) is 14.2 Å². The minimum Gasteiger partial charge on any atom is -0.323 e. The second-order valence-electron chi connectivity index (χ2n) is 6.87. The summed E-state index contributed by atoms with van der Waals surface area (Å²) in [7, 11) is 0. The van der Waals surface area contributed by atoms with Gasteiger partial charge in [0.05, 0.1) is 19.8 Å². The first kappa shape index (κ1) is 16.4. The maximum Gasteiger partial charge on any atom is 0.312 e. The molecule has 0 aromatic heterocycles. The highest BCUT2D eigenvalue weighted by Gasteiger charge is 2.53. The lowest BCUT2D eigenvalue weighted by Gasteiger charge is -2.51. The van der Waals surface area contributed by atoms with Crippen LogP contribution in [0.4, 0.5) is 0 Å². The number of hydrogen-bond acceptors (Lipinski definition) is 3. The van der Waals surface area contributed by atoms with Crippen molar-refractivity contribution in [1.29, 1.82) is 0 Å². The molecule has 0 radical (unpaired) electrons. The van der Waals surface area contributed by atoms with E-state index >= 15 is 0 Å². The smallest absolute Gasteiger partial charge is 0.312 e. The van der Waals surface area contributed by atoms with Gasteiger partial charge in [0.2, 0.25) is 0 Å². The fraction of sp³-hybridized carbons (Fsp3) is 0.364. The van der Waals surface area contributed by atoms with E-state index in [1.165, 1.54) is 0 Å². The van der Waals surface area contributed by atoms with Crippen molar-refractivity contribution in [3.8, 4) is 11.8 Å². The molecule has 0 N–H and O–H groups in total. The summed E-state index contributed by atoms with van der Waals surface area (Å²) in [5, 5.41) is 0. The zero-order valence-corrected chi connectivity index (χ0v) is 14.5. The molecule has 2 bridgehead atoms. The van der Waals surface area contributed by atoms with Crippen molar-refractivity contribution in [3.63, 3.8) is 0 Å². The van der Waals surface area contributed by atoms with E-state index in [0.29, 0.717) is 19.8 Å². The Morgan fingerprint density at radius 3 is 1.92 bits per heavy atom. The van der Waals surface area contributed by atoms with Gasteiger partial charge in [0, 0.05) is 22.1 Å². The van der Waals surface area contributed by atoms with E-state index in [2.05, 4.69) is 18.8 Å². The van der Waals surface area contributed by atoms with E-state index in [-0.39, 0.29) is 5.41 Å². The molecule has 3 fully saturated rings. The van der Waals surface area contributed by atoms with Crippen LogP contribution in [0.15, 0.2) is 54.6 Å². The van der Waals surface area contributed by atoms with Crippen LogP contribution in [0.5, 0.6) is 0 Å². The predicted molar refractivity (Wildman–Crippen MR) is 95.7 cm³/mol. The van der Waals surface area contributed by atoms with Crippen molar-refractivity contribution >= 4 is 0 Å².